The maximum Gasteiger partial charge on any atom is 0.470 e. The van der Waals surface area contributed by atoms with E-state index in [1.54, 1.807) is 0 Å². The van der Waals surface area contributed by atoms with Gasteiger partial charge >= 0.3 is 21.6 Å². The highest BCUT2D eigenvalue weighted by atomic mass is 31.2. The molecule has 0 rings (SSSR count). The molecule has 8 nitrogen and oxygen atoms in total. The monoisotopic (exact) mass is 346 g/mol. The van der Waals surface area contributed by atoms with E-state index < -0.39 is 47.4 Å². The molecule has 13 heteroatoms. The molecule has 0 aromatic heterocycles. The number of hydrogen-bond donors (Lipinski definition) is 4. The third-order valence-electron chi connectivity index (χ3n) is 2.03. The summed E-state index contributed by atoms with van der Waals surface area (Å²) in [6.07, 6.45) is -3.22. The Hall–Kier alpha value is 0.01000. The van der Waals surface area contributed by atoms with E-state index in [1.807, 2.05) is 0 Å². The molecule has 1 unspecified atom stereocenters. The zero-order valence-corrected chi connectivity index (χ0v) is 11.9. The number of hydrogen-bond acceptors (Lipinski definition) is 4. The van der Waals surface area contributed by atoms with Crippen LogP contribution in [0.25, 0.3) is 0 Å². The van der Waals surface area contributed by atoms with Gasteiger partial charge in [0.2, 0.25) is 0 Å². The van der Waals surface area contributed by atoms with Crippen molar-refractivity contribution in [2.24, 2.45) is 0 Å². The summed E-state index contributed by atoms with van der Waals surface area (Å²) in [6, 6.07) is 0. The normalized spacial score (nSPS) is 15.3. The fraction of sp³-hybridized carbons (Fsp3) is 1.00. The smallest absolute Gasteiger partial charge is 0.303 e. The predicted octanol–water partition coefficient (Wildman–Crippen LogP) is 1.35. The molecule has 0 aromatic carbocycles. The summed E-state index contributed by atoms with van der Waals surface area (Å²) in [5.41, 5.74) is 0. The highest BCUT2D eigenvalue weighted by Crippen LogP contribution is 2.43. The predicted molar refractivity (Wildman–Crippen MR) is 59.7 cm³/mol. The van der Waals surface area contributed by atoms with Gasteiger partial charge in [0.25, 0.3) is 0 Å². The van der Waals surface area contributed by atoms with E-state index in [-0.39, 0.29) is 12.8 Å². The minimum Gasteiger partial charge on any atom is -0.303 e. The maximum absolute atomic E-state index is 13.0. The van der Waals surface area contributed by atoms with Crippen LogP contribution in [0.3, 0.4) is 0 Å². The first-order valence-corrected chi connectivity index (χ1v) is 8.31. The minimum absolute atomic E-state index is 0.0888. The average molecular weight is 346 g/mol. The fourth-order valence-electron chi connectivity index (χ4n) is 1.21. The number of unbranched alkanes of at least 4 members (excludes halogenated alkanes) is 1. The molecule has 122 valence electrons. The van der Waals surface area contributed by atoms with Gasteiger partial charge < -0.3 is 19.6 Å². The molecule has 0 heterocycles. The fourth-order valence-corrected chi connectivity index (χ4v) is 2.17. The molecule has 0 bridgehead atoms. The number of phosphoric ester groups is 2. The van der Waals surface area contributed by atoms with Crippen molar-refractivity contribution in [2.45, 2.75) is 31.3 Å². The van der Waals surface area contributed by atoms with Crippen LogP contribution < -0.4 is 0 Å². The molecule has 4 N–H and O–H groups in total. The topological polar surface area (TPSA) is 134 Å². The first-order chi connectivity index (χ1) is 8.87. The second kappa shape index (κ2) is 7.86. The van der Waals surface area contributed by atoms with Gasteiger partial charge in [0.1, 0.15) is 6.10 Å². The molecule has 0 aliphatic carbocycles. The molecule has 1 atom stereocenters. The maximum atomic E-state index is 13.0. The van der Waals surface area contributed by atoms with Crippen molar-refractivity contribution in [2.75, 3.05) is 13.3 Å². The zero-order valence-electron chi connectivity index (χ0n) is 10.1. The van der Waals surface area contributed by atoms with Gasteiger partial charge in [-0.2, -0.15) is 0 Å². The Balaban J connectivity index is 4.32. The van der Waals surface area contributed by atoms with Crippen molar-refractivity contribution in [3.63, 3.8) is 0 Å². The van der Waals surface area contributed by atoms with Crippen LogP contribution in [0.2, 0.25) is 0 Å². The number of halogens is 3. The molecule has 0 saturated carbocycles. The number of alkyl halides is 3. The SMILES string of the molecule is O=P(O)(O)OCCCCC(OP(=O)(O)O)C(F)(F)CF. The average Bonchev–Trinajstić information content (AvgIpc) is 2.23. The molecule has 0 spiro atoms. The Morgan fingerprint density at radius 3 is 2.00 bits per heavy atom. The molecule has 0 saturated heterocycles. The second-order valence-electron chi connectivity index (χ2n) is 3.80. The van der Waals surface area contributed by atoms with Crippen molar-refractivity contribution >= 4 is 15.6 Å². The first kappa shape index (κ1) is 20.0. The Labute approximate surface area is 112 Å². The van der Waals surface area contributed by atoms with Crippen LogP contribution in [0.1, 0.15) is 19.3 Å². The lowest BCUT2D eigenvalue weighted by Crippen LogP contribution is -2.37. The Morgan fingerprint density at radius 2 is 1.60 bits per heavy atom. The third-order valence-corrected chi connectivity index (χ3v) is 3.08. The second-order valence-corrected chi connectivity index (χ2v) is 6.23. The van der Waals surface area contributed by atoms with Crippen LogP contribution in [0.4, 0.5) is 13.2 Å². The van der Waals surface area contributed by atoms with Crippen LogP contribution in [-0.4, -0.2) is 44.9 Å². The van der Waals surface area contributed by atoms with Gasteiger partial charge in [-0.15, -0.1) is 0 Å². The molecular weight excluding hydrogens is 331 g/mol. The summed E-state index contributed by atoms with van der Waals surface area (Å²) in [5, 5.41) is 0. The summed E-state index contributed by atoms with van der Waals surface area (Å²) in [7, 11) is -9.88. The highest BCUT2D eigenvalue weighted by Gasteiger charge is 2.43. The van der Waals surface area contributed by atoms with Crippen molar-refractivity contribution < 1.29 is 50.9 Å². The highest BCUT2D eigenvalue weighted by molar-refractivity contribution is 7.46. The molecular formula is C7H15F3O8P2. The lowest BCUT2D eigenvalue weighted by molar-refractivity contribution is -0.119. The summed E-state index contributed by atoms with van der Waals surface area (Å²) < 4.78 is 66.9. The van der Waals surface area contributed by atoms with Gasteiger partial charge in [0.05, 0.1) is 6.61 Å². The summed E-state index contributed by atoms with van der Waals surface area (Å²) in [6.45, 7) is -2.61. The minimum atomic E-state index is -5.22. The lowest BCUT2D eigenvalue weighted by Gasteiger charge is -2.24. The summed E-state index contributed by atoms with van der Waals surface area (Å²) in [4.78, 5) is 33.6. The van der Waals surface area contributed by atoms with Crippen molar-refractivity contribution in [1.82, 2.24) is 0 Å². The Kier molecular flexibility index (Phi) is 7.86. The molecule has 0 aliphatic rings. The van der Waals surface area contributed by atoms with Gasteiger partial charge in [0.15, 0.2) is 6.67 Å². The van der Waals surface area contributed by atoms with Gasteiger partial charge in [-0.05, 0) is 19.3 Å². The van der Waals surface area contributed by atoms with Crippen LogP contribution in [0.15, 0.2) is 0 Å². The van der Waals surface area contributed by atoms with E-state index in [1.165, 1.54) is 0 Å². The quantitative estimate of drug-likeness (QED) is 0.344. The van der Waals surface area contributed by atoms with Crippen LogP contribution in [0, 0.1) is 0 Å². The zero-order chi connectivity index (χ0) is 16.0. The number of rotatable bonds is 10. The van der Waals surface area contributed by atoms with E-state index in [0.29, 0.717) is 0 Å². The largest absolute Gasteiger partial charge is 0.470 e. The first-order valence-electron chi connectivity index (χ1n) is 5.25. The van der Waals surface area contributed by atoms with Crippen LogP contribution in [-0.2, 0) is 18.2 Å². The number of phosphoric acid groups is 2. The summed E-state index contributed by atoms with van der Waals surface area (Å²) >= 11 is 0. The van der Waals surface area contributed by atoms with Crippen LogP contribution in [0.5, 0.6) is 0 Å². The van der Waals surface area contributed by atoms with Gasteiger partial charge in [-0.3, -0.25) is 9.05 Å². The van der Waals surface area contributed by atoms with Crippen molar-refractivity contribution in [3.05, 3.63) is 0 Å². The lowest BCUT2D eigenvalue weighted by atomic mass is 10.1. The summed E-state index contributed by atoms with van der Waals surface area (Å²) in [5.74, 6) is -4.08. The van der Waals surface area contributed by atoms with E-state index in [4.69, 9.17) is 19.6 Å². The molecule has 0 aliphatic heterocycles. The standard InChI is InChI=1S/C7H15F3O8P2/c8-5-7(9,10)6(18-20(14,15)16)3-1-2-4-17-19(11,12)13/h6H,1-5H2,(H2,11,12,13)(H2,14,15,16). The molecule has 0 aromatic rings. The van der Waals surface area contributed by atoms with Crippen LogP contribution >= 0.6 is 15.6 Å². The molecule has 0 amide bonds. The van der Waals surface area contributed by atoms with E-state index >= 15 is 0 Å². The van der Waals surface area contributed by atoms with E-state index in [2.05, 4.69) is 9.05 Å². The molecule has 20 heavy (non-hydrogen) atoms. The van der Waals surface area contributed by atoms with Crippen molar-refractivity contribution in [3.8, 4) is 0 Å². The van der Waals surface area contributed by atoms with Gasteiger partial charge in [-0.1, -0.05) is 0 Å². The Morgan fingerprint density at radius 1 is 1.05 bits per heavy atom. The Bertz CT molecular complexity index is 380. The molecule has 0 radical (unpaired) electrons. The van der Waals surface area contributed by atoms with E-state index in [9.17, 15) is 22.3 Å². The van der Waals surface area contributed by atoms with Gasteiger partial charge in [-0.25, -0.2) is 22.3 Å². The van der Waals surface area contributed by atoms with E-state index in [0.717, 1.165) is 0 Å². The third kappa shape index (κ3) is 9.84. The van der Waals surface area contributed by atoms with Crippen molar-refractivity contribution in [1.29, 1.82) is 0 Å². The van der Waals surface area contributed by atoms with Gasteiger partial charge in [0, 0.05) is 0 Å². The molecule has 0 fully saturated rings.